The van der Waals surface area contributed by atoms with Crippen molar-refractivity contribution in [1.82, 2.24) is 19.9 Å². The lowest BCUT2D eigenvalue weighted by Crippen LogP contribution is -1.94. The van der Waals surface area contributed by atoms with Gasteiger partial charge in [-0.2, -0.15) is 0 Å². The van der Waals surface area contributed by atoms with Crippen LogP contribution < -0.4 is 10.5 Å². The number of methoxy groups -OCH3 is 1. The summed E-state index contributed by atoms with van der Waals surface area (Å²) < 4.78 is 5.17. The highest BCUT2D eigenvalue weighted by atomic mass is 32.2. The van der Waals surface area contributed by atoms with Crippen molar-refractivity contribution in [3.05, 3.63) is 30.6 Å². The Bertz CT molecular complexity index is 727. The normalized spacial score (nSPS) is 10.8. The van der Waals surface area contributed by atoms with Gasteiger partial charge in [0.1, 0.15) is 10.8 Å². The van der Waals surface area contributed by atoms with E-state index in [-0.39, 0.29) is 0 Å². The van der Waals surface area contributed by atoms with E-state index in [1.54, 1.807) is 19.5 Å². The van der Waals surface area contributed by atoms with Crippen LogP contribution in [0.2, 0.25) is 0 Å². The minimum Gasteiger partial charge on any atom is -0.497 e. The maximum absolute atomic E-state index is 5.75. The average molecular weight is 273 g/mol. The topological polar surface area (TPSA) is 89.7 Å². The summed E-state index contributed by atoms with van der Waals surface area (Å²) >= 11 is 1.35. The highest BCUT2D eigenvalue weighted by Crippen LogP contribution is 2.29. The molecule has 0 aliphatic rings. The lowest BCUT2D eigenvalue weighted by molar-refractivity contribution is 0.415. The van der Waals surface area contributed by atoms with Gasteiger partial charge < -0.3 is 15.5 Å². The fourth-order valence-electron chi connectivity index (χ4n) is 1.65. The summed E-state index contributed by atoms with van der Waals surface area (Å²) in [5, 5.41) is 1.35. The molecule has 3 N–H and O–H groups in total. The summed E-state index contributed by atoms with van der Waals surface area (Å²) in [7, 11) is 1.63. The number of ether oxygens (including phenoxy) is 1. The van der Waals surface area contributed by atoms with Crippen LogP contribution in [0.5, 0.6) is 5.75 Å². The van der Waals surface area contributed by atoms with E-state index in [4.69, 9.17) is 10.5 Å². The molecule has 2 aromatic heterocycles. The SMILES string of the molecule is COc1ccc2nc(Sc3nccnc3N)[nH]c2c1. The first kappa shape index (κ1) is 11.8. The van der Waals surface area contributed by atoms with E-state index < -0.39 is 0 Å². The lowest BCUT2D eigenvalue weighted by Gasteiger charge is -1.98. The lowest BCUT2D eigenvalue weighted by atomic mass is 10.3. The van der Waals surface area contributed by atoms with E-state index >= 15 is 0 Å². The number of nitrogens with one attached hydrogen (secondary N) is 1. The number of benzene rings is 1. The van der Waals surface area contributed by atoms with Gasteiger partial charge in [-0.3, -0.25) is 0 Å². The molecule has 0 bridgehead atoms. The molecular formula is C12H11N5OS. The van der Waals surface area contributed by atoms with Crippen LogP contribution >= 0.6 is 11.8 Å². The zero-order chi connectivity index (χ0) is 13.2. The van der Waals surface area contributed by atoms with Gasteiger partial charge in [0.15, 0.2) is 11.0 Å². The molecule has 0 unspecified atom stereocenters. The second-order valence-corrected chi connectivity index (χ2v) is 4.75. The van der Waals surface area contributed by atoms with Gasteiger partial charge in [0.05, 0.1) is 18.1 Å². The van der Waals surface area contributed by atoms with Crippen molar-refractivity contribution in [3.8, 4) is 5.75 Å². The number of aromatic nitrogens is 4. The van der Waals surface area contributed by atoms with Crippen molar-refractivity contribution in [2.24, 2.45) is 0 Å². The molecule has 3 rings (SSSR count). The van der Waals surface area contributed by atoms with Gasteiger partial charge in [-0.05, 0) is 23.9 Å². The summed E-state index contributed by atoms with van der Waals surface area (Å²) in [6.45, 7) is 0. The van der Waals surface area contributed by atoms with Crippen molar-refractivity contribution >= 4 is 28.6 Å². The fourth-order valence-corrected chi connectivity index (χ4v) is 2.41. The maximum Gasteiger partial charge on any atom is 0.172 e. The number of anilines is 1. The number of nitrogens with zero attached hydrogens (tertiary/aromatic N) is 3. The molecule has 96 valence electrons. The molecule has 0 aliphatic heterocycles. The van der Waals surface area contributed by atoms with E-state index in [0.29, 0.717) is 10.8 Å². The standard InChI is InChI=1S/C12H11N5OS/c1-18-7-2-3-8-9(6-7)17-12(16-8)19-11-10(13)14-4-5-15-11/h2-6H,1H3,(H2,13,14)(H,16,17). The molecule has 0 spiro atoms. The molecule has 3 aromatic rings. The predicted octanol–water partition coefficient (Wildman–Crippen LogP) is 2.09. The average Bonchev–Trinajstić information content (AvgIpc) is 2.82. The first-order valence-corrected chi connectivity index (χ1v) is 6.36. The molecule has 19 heavy (non-hydrogen) atoms. The Morgan fingerprint density at radius 2 is 2.11 bits per heavy atom. The van der Waals surface area contributed by atoms with Gasteiger partial charge in [0.2, 0.25) is 0 Å². The quantitative estimate of drug-likeness (QED) is 0.759. The number of imidazole rings is 1. The molecule has 0 fully saturated rings. The Labute approximate surface area is 113 Å². The summed E-state index contributed by atoms with van der Waals surface area (Å²) in [4.78, 5) is 15.8. The van der Waals surface area contributed by atoms with Crippen molar-refractivity contribution in [1.29, 1.82) is 0 Å². The number of fused-ring (bicyclic) bond motifs is 1. The van der Waals surface area contributed by atoms with Gasteiger partial charge in [-0.15, -0.1) is 0 Å². The van der Waals surface area contributed by atoms with Crippen molar-refractivity contribution in [2.75, 3.05) is 12.8 Å². The minimum atomic E-state index is 0.394. The Morgan fingerprint density at radius 3 is 2.89 bits per heavy atom. The maximum atomic E-state index is 5.75. The molecule has 2 heterocycles. The molecule has 0 radical (unpaired) electrons. The van der Waals surface area contributed by atoms with Gasteiger partial charge in [0.25, 0.3) is 0 Å². The van der Waals surface area contributed by atoms with Crippen LogP contribution in [0, 0.1) is 0 Å². The van der Waals surface area contributed by atoms with Crippen molar-refractivity contribution in [2.45, 2.75) is 10.2 Å². The van der Waals surface area contributed by atoms with E-state index in [9.17, 15) is 0 Å². The molecule has 1 aromatic carbocycles. The van der Waals surface area contributed by atoms with E-state index in [1.165, 1.54) is 11.8 Å². The number of nitrogens with two attached hydrogens (primary N) is 1. The zero-order valence-corrected chi connectivity index (χ0v) is 10.9. The number of hydrogen-bond acceptors (Lipinski definition) is 6. The van der Waals surface area contributed by atoms with Crippen LogP contribution in [0.4, 0.5) is 5.82 Å². The fraction of sp³-hybridized carbons (Fsp3) is 0.0833. The second-order valence-electron chi connectivity index (χ2n) is 3.77. The zero-order valence-electron chi connectivity index (χ0n) is 10.1. The third-order valence-electron chi connectivity index (χ3n) is 2.55. The monoisotopic (exact) mass is 273 g/mol. The highest BCUT2D eigenvalue weighted by molar-refractivity contribution is 7.99. The van der Waals surface area contributed by atoms with Crippen LogP contribution in [-0.4, -0.2) is 27.0 Å². The number of aromatic amines is 1. The minimum absolute atomic E-state index is 0.394. The van der Waals surface area contributed by atoms with E-state index in [0.717, 1.165) is 21.9 Å². The van der Waals surface area contributed by atoms with Crippen molar-refractivity contribution < 1.29 is 4.74 Å². The number of H-pyrrole nitrogens is 1. The molecule has 0 aliphatic carbocycles. The molecule has 0 atom stereocenters. The summed E-state index contributed by atoms with van der Waals surface area (Å²) in [5.41, 5.74) is 7.53. The number of nitrogen functional groups attached to an aromatic ring is 1. The van der Waals surface area contributed by atoms with Crippen LogP contribution in [0.25, 0.3) is 11.0 Å². The first-order chi connectivity index (χ1) is 9.26. The van der Waals surface area contributed by atoms with Crippen LogP contribution in [0.1, 0.15) is 0 Å². The van der Waals surface area contributed by atoms with Crippen LogP contribution in [-0.2, 0) is 0 Å². The third-order valence-corrected chi connectivity index (χ3v) is 3.45. The summed E-state index contributed by atoms with van der Waals surface area (Å²) in [6, 6.07) is 5.66. The number of rotatable bonds is 3. The van der Waals surface area contributed by atoms with Gasteiger partial charge in [-0.1, -0.05) is 0 Å². The molecule has 7 heteroatoms. The second kappa shape index (κ2) is 4.77. The Balaban J connectivity index is 1.95. The Morgan fingerprint density at radius 1 is 1.26 bits per heavy atom. The Hall–Kier alpha value is -2.28. The third kappa shape index (κ3) is 2.32. The van der Waals surface area contributed by atoms with Crippen LogP contribution in [0.15, 0.2) is 40.8 Å². The molecule has 0 amide bonds. The summed E-state index contributed by atoms with van der Waals surface area (Å²) in [5.74, 6) is 1.18. The molecular weight excluding hydrogens is 262 g/mol. The van der Waals surface area contributed by atoms with E-state index in [2.05, 4.69) is 19.9 Å². The first-order valence-electron chi connectivity index (χ1n) is 5.54. The number of hydrogen-bond donors (Lipinski definition) is 2. The molecule has 0 saturated carbocycles. The van der Waals surface area contributed by atoms with Gasteiger partial charge >= 0.3 is 0 Å². The molecule has 0 saturated heterocycles. The van der Waals surface area contributed by atoms with Gasteiger partial charge in [0, 0.05) is 18.5 Å². The van der Waals surface area contributed by atoms with Crippen molar-refractivity contribution in [3.63, 3.8) is 0 Å². The van der Waals surface area contributed by atoms with E-state index in [1.807, 2.05) is 18.2 Å². The predicted molar refractivity (Wildman–Crippen MR) is 73.2 cm³/mol. The smallest absolute Gasteiger partial charge is 0.172 e. The summed E-state index contributed by atoms with van der Waals surface area (Å²) in [6.07, 6.45) is 3.16. The van der Waals surface area contributed by atoms with Crippen LogP contribution in [0.3, 0.4) is 0 Å². The van der Waals surface area contributed by atoms with Gasteiger partial charge in [-0.25, -0.2) is 15.0 Å². The Kier molecular flexibility index (Phi) is 2.96. The highest BCUT2D eigenvalue weighted by Gasteiger charge is 2.09. The molecule has 6 nitrogen and oxygen atoms in total. The largest absolute Gasteiger partial charge is 0.497 e.